The average Bonchev–Trinajstić information content (AvgIpc) is 0.747. The van der Waals surface area contributed by atoms with Gasteiger partial charge in [0.1, 0.15) is 58.5 Å². The summed E-state index contributed by atoms with van der Waals surface area (Å²) >= 11 is 0. The quantitative estimate of drug-likeness (QED) is 0.0269. The zero-order valence-electron chi connectivity index (χ0n) is 78.2. The molecule has 0 aliphatic rings. The van der Waals surface area contributed by atoms with Gasteiger partial charge in [0.25, 0.3) is 8.32 Å². The molecule has 14 atom stereocenters. The zero-order chi connectivity index (χ0) is 92.1. The van der Waals surface area contributed by atoms with Gasteiger partial charge >= 0.3 is 11.9 Å². The minimum absolute atomic E-state index is 0.0579. The van der Waals surface area contributed by atoms with Crippen LogP contribution in [0.25, 0.3) is 0 Å². The van der Waals surface area contributed by atoms with E-state index in [1.54, 1.807) is 89.4 Å². The molecule has 2 N–H and O–H groups in total. The minimum atomic E-state index is -3.70. The molecule has 2 rings (SSSR count). The molecule has 0 heterocycles. The van der Waals surface area contributed by atoms with Crippen LogP contribution in [0.15, 0.2) is 72.8 Å². The largest absolute Gasteiger partial charge is 0.462 e. The van der Waals surface area contributed by atoms with Gasteiger partial charge in [-0.15, -0.1) is 0 Å². The molecular weight excluding hydrogens is 1570 g/mol. The van der Waals surface area contributed by atoms with E-state index in [1.165, 1.54) is 85.5 Å². The number of likely N-dealkylation sites (N-methyl/N-ethyl adjacent to an activating group) is 8. The van der Waals surface area contributed by atoms with Crippen LogP contribution in [0.2, 0.25) is 5.04 Å². The highest BCUT2D eigenvalue weighted by atomic mass is 32.2. The van der Waals surface area contributed by atoms with Gasteiger partial charge in [-0.05, 0) is 116 Å². The highest BCUT2D eigenvalue weighted by Gasteiger charge is 2.51. The third kappa shape index (κ3) is 31.4. The highest BCUT2D eigenvalue weighted by molar-refractivity contribution is 7.90. The summed E-state index contributed by atoms with van der Waals surface area (Å²) < 4.78 is 44.5. The van der Waals surface area contributed by atoms with Crippen LogP contribution in [0.3, 0.4) is 0 Å². The maximum Gasteiger partial charge on any atom is 0.328 e. The summed E-state index contributed by atoms with van der Waals surface area (Å²) in [6.45, 7) is 37.5. The van der Waals surface area contributed by atoms with Crippen molar-refractivity contribution < 1.29 is 84.6 Å². The van der Waals surface area contributed by atoms with Crippen molar-refractivity contribution in [1.82, 2.24) is 44.9 Å². The average molecular weight is 1720 g/mol. The van der Waals surface area contributed by atoms with Gasteiger partial charge in [-0.2, -0.15) is 0 Å². The van der Waals surface area contributed by atoms with E-state index in [0.29, 0.717) is 25.9 Å². The summed E-state index contributed by atoms with van der Waals surface area (Å²) in [6, 6.07) is 10.8. The van der Waals surface area contributed by atoms with Crippen LogP contribution in [-0.4, -0.2) is 270 Å². The van der Waals surface area contributed by atoms with Gasteiger partial charge in [0.2, 0.25) is 47.3 Å². The molecular formula is C91H151N9O18SSi. The summed E-state index contributed by atoms with van der Waals surface area (Å²) in [4.78, 5) is 197. The lowest BCUT2D eigenvalue weighted by Gasteiger charge is -2.43. The van der Waals surface area contributed by atoms with Gasteiger partial charge in [0.05, 0.1) is 30.4 Å². The van der Waals surface area contributed by atoms with Gasteiger partial charge in [0, 0.05) is 113 Å². The van der Waals surface area contributed by atoms with Crippen molar-refractivity contribution in [3.63, 3.8) is 0 Å². The Morgan fingerprint density at radius 3 is 1.43 bits per heavy atom. The van der Waals surface area contributed by atoms with Crippen molar-refractivity contribution in [2.45, 2.75) is 269 Å². The number of esters is 2. The summed E-state index contributed by atoms with van der Waals surface area (Å²) in [5.74, 6) is -14.1. The molecule has 8 amide bonds. The molecule has 0 fully saturated rings. The molecule has 0 bridgehead atoms. The molecule has 29 heteroatoms. The number of Topliss-reactive ketones (excluding diaryl/α,β-unsaturated/α-hetero) is 3. The molecule has 0 saturated carbocycles. The number of nitrogens with zero attached hydrogens (tertiary/aromatic N) is 7. The molecule has 0 aliphatic heterocycles. The lowest BCUT2D eigenvalue weighted by Crippen LogP contribution is -2.66. The fraction of sp³-hybridized carbons (Fsp3) is 0.703. The Morgan fingerprint density at radius 2 is 0.992 bits per heavy atom. The summed E-state index contributed by atoms with van der Waals surface area (Å²) in [7, 11) is 5.26. The number of carbonyl (C=O) groups excluding carboxylic acids is 13. The van der Waals surface area contributed by atoms with Gasteiger partial charge in [-0.25, -0.2) is 13.2 Å². The number of sulfone groups is 1. The molecule has 0 radical (unpaired) electrons. The van der Waals surface area contributed by atoms with Crippen molar-refractivity contribution in [2.24, 2.45) is 59.2 Å². The molecule has 27 nitrogen and oxygen atoms in total. The number of hydrogen-bond acceptors (Lipinski definition) is 19. The molecule has 0 aliphatic carbocycles. The van der Waals surface area contributed by atoms with E-state index in [4.69, 9.17) is 13.9 Å². The fourth-order valence-electron chi connectivity index (χ4n) is 16.1. The molecule has 0 saturated heterocycles. The third-order valence-corrected chi connectivity index (χ3v) is 29.2. The molecule has 120 heavy (non-hydrogen) atoms. The number of amides is 8. The molecule has 2 aromatic carbocycles. The second kappa shape index (κ2) is 49.9. The van der Waals surface area contributed by atoms with E-state index in [-0.39, 0.29) is 86.8 Å². The van der Waals surface area contributed by atoms with Crippen LogP contribution in [0, 0.1) is 59.2 Å². The standard InChI is InChI=1S/C91H151N9O18SSi/c1-31-33-41-62(13)82(118-67(18)102)81(83(106)93-71(32-2)90(113)116-49-47-94(23)66(17)101)100(29)89(112)79(61(11)12)98(27)88(111)75(52-59(7)8)97(26)87(110)74(51-58(5)6)96(25)84(107)64(15)54-76(103)63(14)53-77(104)73(50-57(3)4)95(24)85(108)70(60(9)10)55-78(105)80(65(16)56-119(30,114)115)99(28)86(109)72(92-22)46-40-48-117-120(91(19,20)21,68-42-36-34-37-43-68)69-44-38-35-39-45-69/h31,33-39,42-45,57-65,70-75,79-82,92H,32,40-41,46-56H2,1-30H3,(H,93,106)/b33-31+/t62-,63-,64+,65-,70+,71+,72-,73+,74+,75+,79+,80+,81+,82-/m1/s1. The molecule has 0 unspecified atom stereocenters. The Labute approximate surface area is 720 Å². The smallest absolute Gasteiger partial charge is 0.328 e. The van der Waals surface area contributed by atoms with E-state index >= 15 is 24.0 Å². The van der Waals surface area contributed by atoms with Crippen LogP contribution in [-0.2, 0) is 86.1 Å². The van der Waals surface area contributed by atoms with Crippen LogP contribution in [0.1, 0.15) is 210 Å². The Bertz CT molecular complexity index is 3810. The minimum Gasteiger partial charge on any atom is -0.462 e. The maximum atomic E-state index is 15.4. The Hall–Kier alpha value is -8.02. The number of ketones is 3. The van der Waals surface area contributed by atoms with Gasteiger partial charge < -0.3 is 58.8 Å². The van der Waals surface area contributed by atoms with E-state index in [1.807, 2.05) is 84.0 Å². The van der Waals surface area contributed by atoms with Crippen molar-refractivity contribution in [3.05, 3.63) is 72.8 Å². The first-order chi connectivity index (χ1) is 55.6. The lowest BCUT2D eigenvalue weighted by molar-refractivity contribution is -0.164. The second-order valence-electron chi connectivity index (χ2n) is 36.4. The maximum absolute atomic E-state index is 15.4. The van der Waals surface area contributed by atoms with Gasteiger partial charge in [-0.1, -0.05) is 197 Å². The van der Waals surface area contributed by atoms with Gasteiger partial charge in [-0.3, -0.25) is 57.5 Å². The zero-order valence-corrected chi connectivity index (χ0v) is 80.0. The Kier molecular flexibility index (Phi) is 44.9. The first-order valence-corrected chi connectivity index (χ1v) is 46.9. The number of benzene rings is 2. The van der Waals surface area contributed by atoms with Crippen molar-refractivity contribution >= 4 is 105 Å². The fourth-order valence-corrected chi connectivity index (χ4v) is 21.8. The lowest BCUT2D eigenvalue weighted by atomic mass is 9.83. The number of allylic oxidation sites excluding steroid dienone is 2. The Balaban J connectivity index is 2.52. The Morgan fingerprint density at radius 1 is 0.525 bits per heavy atom. The monoisotopic (exact) mass is 1720 g/mol. The first-order valence-electron chi connectivity index (χ1n) is 42.9. The third-order valence-electron chi connectivity index (χ3n) is 23.0. The molecule has 0 aromatic heterocycles. The molecule has 0 spiro atoms. The predicted molar refractivity (Wildman–Crippen MR) is 473 cm³/mol. The normalized spacial score (nSPS) is 15.7. The SMILES string of the molecule is C/C=C/C[C@@H](C)[C@@H](OC(C)=O)[C@@H](C(=O)N[C@@H](CC)C(=O)OCCN(C)C(C)=O)N(C)C(=O)[C@H](C(C)C)N(C)C(=O)[C@H](CC(C)C)N(C)C(=O)[C@H](CC(C)C)N(C)C(=O)[C@@H](C)CC(=O)[C@H](C)CC(=O)[C@H](CC(C)C)N(C)C(=O)[C@@H](CC(=O)[C@H]([C@H](C)CS(C)(=O)=O)N(C)C(=O)[C@@H](CCCO[Si](c1ccccc1)(c1ccccc1)C(C)(C)C)NC)C(C)C. The number of rotatable bonds is 52. The van der Waals surface area contributed by atoms with Crippen LogP contribution in [0.5, 0.6) is 0 Å². The van der Waals surface area contributed by atoms with Crippen LogP contribution >= 0.6 is 0 Å². The van der Waals surface area contributed by atoms with Crippen molar-refractivity contribution in [1.29, 1.82) is 0 Å². The number of carbonyl (C=O) groups is 13. The molecule has 2 aromatic rings. The number of ether oxygens (including phenoxy) is 2. The van der Waals surface area contributed by atoms with Crippen molar-refractivity contribution in [3.8, 4) is 0 Å². The van der Waals surface area contributed by atoms with Crippen LogP contribution in [0.4, 0.5) is 0 Å². The van der Waals surface area contributed by atoms with Gasteiger partial charge in [0.15, 0.2) is 11.6 Å². The highest BCUT2D eigenvalue weighted by Crippen LogP contribution is 2.38. The van der Waals surface area contributed by atoms with Crippen LogP contribution < -0.4 is 21.0 Å². The first kappa shape index (κ1) is 108. The second-order valence-corrected chi connectivity index (χ2v) is 42.9. The summed E-state index contributed by atoms with van der Waals surface area (Å²) in [6.07, 6.45) is 3.91. The van der Waals surface area contributed by atoms with Crippen molar-refractivity contribution in [2.75, 3.05) is 88.1 Å². The van der Waals surface area contributed by atoms with E-state index in [0.717, 1.165) is 21.5 Å². The summed E-state index contributed by atoms with van der Waals surface area (Å²) in [5.41, 5.74) is 0. The summed E-state index contributed by atoms with van der Waals surface area (Å²) in [5, 5.41) is 7.77. The predicted octanol–water partition coefficient (Wildman–Crippen LogP) is 9.24. The van der Waals surface area contributed by atoms with E-state index in [9.17, 15) is 46.8 Å². The van der Waals surface area contributed by atoms with E-state index < -0.39 is 190 Å². The number of nitrogens with one attached hydrogen (secondary N) is 2. The van der Waals surface area contributed by atoms with E-state index in [2.05, 4.69) is 55.7 Å². The topological polar surface area (TPSA) is 330 Å². The number of hydrogen-bond donors (Lipinski definition) is 2. The molecule has 678 valence electrons.